The van der Waals surface area contributed by atoms with Gasteiger partial charge in [0.1, 0.15) is 5.76 Å². The number of allylic oxidation sites excluding steroid dienone is 3. The van der Waals surface area contributed by atoms with Gasteiger partial charge in [0.25, 0.3) is 0 Å². The fourth-order valence-corrected chi connectivity index (χ4v) is 1.29. The number of alkyl halides is 3. The van der Waals surface area contributed by atoms with Crippen LogP contribution in [0.5, 0.6) is 0 Å². The van der Waals surface area contributed by atoms with E-state index in [1.54, 1.807) is 6.08 Å². The standard InChI is InChI=1S/C8H9F3OS/c9-8(10,11)12-7-3-1-6(5-13)2-4-7/h1,3,13H,2,4-5H2. The quantitative estimate of drug-likeness (QED) is 0.689. The molecule has 0 saturated heterocycles. The van der Waals surface area contributed by atoms with Crippen molar-refractivity contribution in [3.05, 3.63) is 23.5 Å². The topological polar surface area (TPSA) is 9.23 Å². The maximum absolute atomic E-state index is 11.7. The third kappa shape index (κ3) is 3.76. The van der Waals surface area contributed by atoms with Gasteiger partial charge in [-0.05, 0) is 12.5 Å². The lowest BCUT2D eigenvalue weighted by molar-refractivity contribution is -0.306. The average Bonchev–Trinajstić information content (AvgIpc) is 2.03. The van der Waals surface area contributed by atoms with Gasteiger partial charge in [-0.25, -0.2) is 0 Å². The summed E-state index contributed by atoms with van der Waals surface area (Å²) in [6.45, 7) is 0. The summed E-state index contributed by atoms with van der Waals surface area (Å²) in [5.74, 6) is 0.550. The number of thiol groups is 1. The van der Waals surface area contributed by atoms with E-state index in [2.05, 4.69) is 17.4 Å². The summed E-state index contributed by atoms with van der Waals surface area (Å²) >= 11 is 4.02. The van der Waals surface area contributed by atoms with E-state index in [1.165, 1.54) is 6.08 Å². The summed E-state index contributed by atoms with van der Waals surface area (Å²) in [5.41, 5.74) is 1.03. The second kappa shape index (κ2) is 4.09. The third-order valence-electron chi connectivity index (χ3n) is 1.65. The molecule has 0 spiro atoms. The van der Waals surface area contributed by atoms with Crippen molar-refractivity contribution >= 4 is 12.6 Å². The molecule has 1 nitrogen and oxygen atoms in total. The van der Waals surface area contributed by atoms with Crippen molar-refractivity contribution < 1.29 is 17.9 Å². The molecule has 0 radical (unpaired) electrons. The monoisotopic (exact) mass is 210 g/mol. The molecule has 1 aliphatic rings. The molecule has 5 heteroatoms. The lowest BCUT2D eigenvalue weighted by Gasteiger charge is -2.15. The molecule has 0 N–H and O–H groups in total. The predicted molar refractivity (Wildman–Crippen MR) is 46.4 cm³/mol. The Bertz CT molecular complexity index is 242. The van der Waals surface area contributed by atoms with Crippen LogP contribution in [0.1, 0.15) is 12.8 Å². The van der Waals surface area contributed by atoms with Gasteiger partial charge in [0.05, 0.1) is 0 Å². The smallest absolute Gasteiger partial charge is 0.410 e. The van der Waals surface area contributed by atoms with Crippen molar-refractivity contribution in [1.82, 2.24) is 0 Å². The van der Waals surface area contributed by atoms with E-state index in [1.807, 2.05) is 0 Å². The molecule has 1 aliphatic carbocycles. The molecule has 0 unspecified atom stereocenters. The van der Waals surface area contributed by atoms with Crippen molar-refractivity contribution in [3.63, 3.8) is 0 Å². The van der Waals surface area contributed by atoms with Crippen LogP contribution in [-0.4, -0.2) is 12.1 Å². The zero-order valence-electron chi connectivity index (χ0n) is 6.77. The summed E-state index contributed by atoms with van der Waals surface area (Å²) < 4.78 is 38.9. The first-order chi connectivity index (χ1) is 6.01. The largest absolute Gasteiger partial charge is 0.572 e. The molecule has 1 rings (SSSR count). The lowest BCUT2D eigenvalue weighted by Crippen LogP contribution is -2.14. The molecule has 0 aromatic heterocycles. The van der Waals surface area contributed by atoms with Crippen LogP contribution in [0.3, 0.4) is 0 Å². The van der Waals surface area contributed by atoms with Gasteiger partial charge >= 0.3 is 6.36 Å². The number of halogens is 3. The van der Waals surface area contributed by atoms with Crippen LogP contribution in [0.15, 0.2) is 23.5 Å². The first kappa shape index (κ1) is 10.5. The normalized spacial score (nSPS) is 17.8. The third-order valence-corrected chi connectivity index (χ3v) is 2.05. The van der Waals surface area contributed by atoms with Gasteiger partial charge in [-0.15, -0.1) is 13.2 Å². The molecule has 0 atom stereocenters. The molecule has 0 heterocycles. The fraction of sp³-hybridized carbons (Fsp3) is 0.500. The van der Waals surface area contributed by atoms with E-state index >= 15 is 0 Å². The van der Waals surface area contributed by atoms with Crippen LogP contribution in [0.2, 0.25) is 0 Å². The molecule has 0 aliphatic heterocycles. The number of rotatable bonds is 2. The molecule has 0 bridgehead atoms. The van der Waals surface area contributed by atoms with Gasteiger partial charge in [0.15, 0.2) is 0 Å². The minimum atomic E-state index is -4.57. The lowest BCUT2D eigenvalue weighted by atomic mass is 10.1. The second-order valence-corrected chi connectivity index (χ2v) is 2.98. The Kier molecular flexibility index (Phi) is 3.30. The highest BCUT2D eigenvalue weighted by molar-refractivity contribution is 7.80. The molecular weight excluding hydrogens is 201 g/mol. The van der Waals surface area contributed by atoms with Crippen LogP contribution in [0.4, 0.5) is 13.2 Å². The molecule has 0 amide bonds. The van der Waals surface area contributed by atoms with Crippen molar-refractivity contribution in [2.75, 3.05) is 5.75 Å². The second-order valence-electron chi connectivity index (χ2n) is 2.66. The number of ether oxygens (including phenoxy) is 1. The Hall–Kier alpha value is -0.580. The van der Waals surface area contributed by atoms with Crippen LogP contribution < -0.4 is 0 Å². The van der Waals surface area contributed by atoms with Crippen molar-refractivity contribution in [2.45, 2.75) is 19.2 Å². The zero-order valence-corrected chi connectivity index (χ0v) is 7.66. The summed E-state index contributed by atoms with van der Waals surface area (Å²) in [6, 6.07) is 0. The van der Waals surface area contributed by atoms with Crippen LogP contribution in [0, 0.1) is 0 Å². The van der Waals surface area contributed by atoms with Gasteiger partial charge in [0, 0.05) is 12.2 Å². The van der Waals surface area contributed by atoms with E-state index in [0.717, 1.165) is 5.57 Å². The summed E-state index contributed by atoms with van der Waals surface area (Å²) in [6.07, 6.45) is -0.713. The van der Waals surface area contributed by atoms with E-state index in [-0.39, 0.29) is 5.76 Å². The summed E-state index contributed by atoms with van der Waals surface area (Å²) in [7, 11) is 0. The van der Waals surface area contributed by atoms with Crippen molar-refractivity contribution in [2.24, 2.45) is 0 Å². The highest BCUT2D eigenvalue weighted by Gasteiger charge is 2.32. The van der Waals surface area contributed by atoms with E-state index in [9.17, 15) is 13.2 Å². The van der Waals surface area contributed by atoms with Gasteiger partial charge < -0.3 is 4.74 Å². The summed E-state index contributed by atoms with van der Waals surface area (Å²) in [5, 5.41) is 0. The Labute approximate surface area is 79.7 Å². The summed E-state index contributed by atoms with van der Waals surface area (Å²) in [4.78, 5) is 0. The molecule has 0 saturated carbocycles. The van der Waals surface area contributed by atoms with E-state index < -0.39 is 6.36 Å². The Morgan fingerprint density at radius 2 is 2.00 bits per heavy atom. The molecule has 0 fully saturated rings. The SMILES string of the molecule is FC(F)(F)OC1=CC=C(CS)CC1. The highest BCUT2D eigenvalue weighted by atomic mass is 32.1. The van der Waals surface area contributed by atoms with Crippen LogP contribution >= 0.6 is 12.6 Å². The Morgan fingerprint density at radius 3 is 2.38 bits per heavy atom. The van der Waals surface area contributed by atoms with Gasteiger partial charge in [0.2, 0.25) is 0 Å². The van der Waals surface area contributed by atoms with Crippen LogP contribution in [0.25, 0.3) is 0 Å². The predicted octanol–water partition coefficient (Wildman–Crippen LogP) is 3.06. The molecule has 0 aromatic rings. The van der Waals surface area contributed by atoms with Gasteiger partial charge in [-0.3, -0.25) is 0 Å². The van der Waals surface area contributed by atoms with Crippen molar-refractivity contribution in [1.29, 1.82) is 0 Å². The molecule has 0 aromatic carbocycles. The first-order valence-corrected chi connectivity index (χ1v) is 4.40. The average molecular weight is 210 g/mol. The maximum atomic E-state index is 11.7. The Balaban J connectivity index is 2.55. The Morgan fingerprint density at radius 1 is 1.31 bits per heavy atom. The molecular formula is C8H9F3OS. The van der Waals surface area contributed by atoms with E-state index in [4.69, 9.17) is 0 Å². The molecule has 74 valence electrons. The minimum absolute atomic E-state index is 0.0296. The van der Waals surface area contributed by atoms with E-state index in [0.29, 0.717) is 18.6 Å². The highest BCUT2D eigenvalue weighted by Crippen LogP contribution is 2.27. The van der Waals surface area contributed by atoms with Gasteiger partial charge in [-0.2, -0.15) is 12.6 Å². The van der Waals surface area contributed by atoms with Crippen molar-refractivity contribution in [3.8, 4) is 0 Å². The number of hydrogen-bond donors (Lipinski definition) is 1. The maximum Gasteiger partial charge on any atom is 0.572 e. The number of hydrogen-bond acceptors (Lipinski definition) is 2. The van der Waals surface area contributed by atoms with Crippen LogP contribution in [-0.2, 0) is 4.74 Å². The van der Waals surface area contributed by atoms with Gasteiger partial charge in [-0.1, -0.05) is 11.6 Å². The molecule has 13 heavy (non-hydrogen) atoms. The zero-order chi connectivity index (χ0) is 9.90. The minimum Gasteiger partial charge on any atom is -0.410 e. The first-order valence-electron chi connectivity index (χ1n) is 3.76. The fourth-order valence-electron chi connectivity index (χ4n) is 1.03.